The normalized spacial score (nSPS) is 16.5. The average molecular weight is 1980 g/mol. The first-order chi connectivity index (χ1) is 67.7. The molecule has 0 bridgehead atoms. The van der Waals surface area contributed by atoms with Crippen LogP contribution in [0.25, 0.3) is 65.5 Å². The summed E-state index contributed by atoms with van der Waals surface area (Å²) in [5.41, 5.74) is 24.7. The van der Waals surface area contributed by atoms with Gasteiger partial charge in [-0.3, -0.25) is 14.5 Å². The van der Waals surface area contributed by atoms with Crippen LogP contribution in [0, 0.1) is 0 Å². The van der Waals surface area contributed by atoms with Gasteiger partial charge in [-0.05, 0) is 248 Å². The molecular formula is C114H107BrCl3N11O10. The molecule has 6 atom stereocenters. The monoisotopic (exact) mass is 1970 g/mol. The summed E-state index contributed by atoms with van der Waals surface area (Å²) in [6.45, 7) is 12.1. The number of aromatic amines is 5. The fourth-order valence-corrected chi connectivity index (χ4v) is 20.9. The summed E-state index contributed by atoms with van der Waals surface area (Å²) in [4.78, 5) is 74.1. The molecule has 3 amide bonds. The van der Waals surface area contributed by atoms with Crippen molar-refractivity contribution in [3.8, 4) is 17.2 Å². The lowest BCUT2D eigenvalue weighted by atomic mass is 9.91. The van der Waals surface area contributed by atoms with Crippen LogP contribution < -0.4 is 40.9 Å². The average Bonchev–Trinajstić information content (AvgIpc) is 1.62. The smallest absolute Gasteiger partial charge is 0.410 e. The standard InChI is InChI=1S/C31H32ClN3O3.C24H21BrN2O.C21H22N2O3.C20H15ClN2O2.C18H17ClN2O/c1-31(2,3)38-30(37)34-26(18-20-10-6-4-7-11-20)29(36)35-17-16-23-24-19-22(32)14-15-25(24)33-27(23)28(35)21-12-8-5-9-13-21;25-18-8-11-22-21(14-18)20-12-13-26-23(24(20)27-22)17-6-9-19(10-7-17)28-15-16-4-2-1-3-5-16;1-3-26-21(24)23-13-12-17-16-6-4-5-7-18(16)22-19(17)20(23)14-8-10-15(25-2)11-9-14;21-11-5-6-16-14(9-11)12-7-8-22-18(19(12)23-16)15-10-25-17-4-2-1-3-13(17)20(15)24;1-22-13-5-2-11(3-6-13)17-18-14(8-9-20-17)15-10-12(19)4-7-16(15)21-18/h4-15,19,26,28,33H,16-18H2,1-3H3,(H,34,37);1-11,14,23,26-27H,12-13,15H2;4-11,20,22H,3,12-13H2,1-2H3;1-6,9-10,18,22-23H,7-8H2;2-7,10,17,20-21H,8-9H2,1H3/t26-,28?;;;;/m0..../s1. The Hall–Kier alpha value is -13.8. The van der Waals surface area contributed by atoms with Gasteiger partial charge in [0.15, 0.2) is 5.43 Å². The number of alkyl carbamates (subject to hydrolysis) is 1. The van der Waals surface area contributed by atoms with Gasteiger partial charge in [0.2, 0.25) is 5.91 Å². The van der Waals surface area contributed by atoms with Crippen LogP contribution in [0.3, 0.4) is 0 Å². The first-order valence-electron chi connectivity index (χ1n) is 47.0. The van der Waals surface area contributed by atoms with Crippen molar-refractivity contribution >= 4 is 134 Å². The van der Waals surface area contributed by atoms with Crippen LogP contribution in [0.15, 0.2) is 305 Å². The van der Waals surface area contributed by atoms with Crippen molar-refractivity contribution in [2.45, 2.75) is 115 Å². The summed E-state index contributed by atoms with van der Waals surface area (Å²) < 4.78 is 34.1. The summed E-state index contributed by atoms with van der Waals surface area (Å²) in [6, 6.07) is 93.1. The van der Waals surface area contributed by atoms with E-state index in [2.05, 4.69) is 159 Å². The van der Waals surface area contributed by atoms with Crippen LogP contribution >= 0.6 is 50.7 Å². The number of ether oxygens (including phenoxy) is 5. The summed E-state index contributed by atoms with van der Waals surface area (Å²) >= 11 is 22.3. The van der Waals surface area contributed by atoms with Crippen LogP contribution in [-0.2, 0) is 59.4 Å². The quantitative estimate of drug-likeness (QED) is 0.0463. The largest absolute Gasteiger partial charge is 0.497 e. The molecule has 0 saturated carbocycles. The highest BCUT2D eigenvalue weighted by Gasteiger charge is 2.41. The van der Waals surface area contributed by atoms with Gasteiger partial charge >= 0.3 is 12.2 Å². The molecule has 0 radical (unpaired) electrons. The van der Waals surface area contributed by atoms with E-state index in [1.807, 2.05) is 199 Å². The number of fused-ring (bicyclic) bond motifs is 16. The highest BCUT2D eigenvalue weighted by molar-refractivity contribution is 9.10. The van der Waals surface area contributed by atoms with E-state index >= 15 is 0 Å². The lowest BCUT2D eigenvalue weighted by Crippen LogP contribution is -2.53. The Morgan fingerprint density at radius 2 is 0.863 bits per heavy atom. The molecule has 706 valence electrons. The van der Waals surface area contributed by atoms with Gasteiger partial charge in [-0.25, -0.2) is 9.59 Å². The second kappa shape index (κ2) is 41.9. The zero-order valence-electron chi connectivity index (χ0n) is 77.9. The predicted molar refractivity (Wildman–Crippen MR) is 557 cm³/mol. The zero-order valence-corrected chi connectivity index (χ0v) is 81.7. The number of para-hydroxylation sites is 2. The fraction of sp³-hybridized carbons (Fsp3) is 0.228. The Bertz CT molecular complexity index is 7530. The molecule has 21 nitrogen and oxygen atoms in total. The molecule has 18 aromatic rings. The van der Waals surface area contributed by atoms with Crippen LogP contribution in [0.2, 0.25) is 15.1 Å². The lowest BCUT2D eigenvalue weighted by Gasteiger charge is -2.38. The number of methoxy groups -OCH3 is 2. The number of hydrogen-bond donors (Lipinski definition) is 9. The predicted octanol–water partition coefficient (Wildman–Crippen LogP) is 24.7. The topological polar surface area (TPSA) is 261 Å². The van der Waals surface area contributed by atoms with Crippen molar-refractivity contribution in [1.82, 2.24) is 56.0 Å². The maximum atomic E-state index is 14.3. The molecule has 6 aromatic heterocycles. The summed E-state index contributed by atoms with van der Waals surface area (Å²) in [7, 11) is 3.34. The first-order valence-corrected chi connectivity index (χ1v) is 49.0. The van der Waals surface area contributed by atoms with Crippen LogP contribution in [-0.4, -0.2) is 118 Å². The summed E-state index contributed by atoms with van der Waals surface area (Å²) in [5.74, 6) is 2.41. The van der Waals surface area contributed by atoms with Gasteiger partial charge in [0.05, 0.1) is 55.9 Å². The molecule has 25 heteroatoms. The molecule has 5 unspecified atom stereocenters. The van der Waals surface area contributed by atoms with E-state index in [0.717, 1.165) is 144 Å². The molecular weight excluding hydrogens is 1870 g/mol. The number of halogens is 4. The number of benzene rings is 12. The van der Waals surface area contributed by atoms with Crippen molar-refractivity contribution in [2.24, 2.45) is 0 Å². The van der Waals surface area contributed by atoms with E-state index in [1.165, 1.54) is 77.6 Å². The van der Waals surface area contributed by atoms with E-state index in [-0.39, 0.29) is 47.6 Å². The van der Waals surface area contributed by atoms with Gasteiger partial charge in [-0.2, -0.15) is 0 Å². The summed E-state index contributed by atoms with van der Waals surface area (Å²) in [6.07, 6.45) is 5.48. The van der Waals surface area contributed by atoms with Crippen molar-refractivity contribution in [3.05, 3.63) is 416 Å². The van der Waals surface area contributed by atoms with Gasteiger partial charge in [-0.1, -0.05) is 208 Å². The van der Waals surface area contributed by atoms with E-state index < -0.39 is 17.7 Å². The van der Waals surface area contributed by atoms with Crippen LogP contribution in [0.1, 0.15) is 153 Å². The molecule has 12 aromatic carbocycles. The molecule has 9 N–H and O–H groups in total. The molecule has 5 aliphatic rings. The highest BCUT2D eigenvalue weighted by atomic mass is 79.9. The Balaban J connectivity index is 0.000000112. The minimum atomic E-state index is -0.793. The molecule has 11 heterocycles. The van der Waals surface area contributed by atoms with E-state index in [4.69, 9.17) is 62.9 Å². The van der Waals surface area contributed by atoms with Crippen LogP contribution in [0.4, 0.5) is 9.59 Å². The van der Waals surface area contributed by atoms with Gasteiger partial charge in [0.1, 0.15) is 53.4 Å². The molecule has 23 rings (SSSR count). The van der Waals surface area contributed by atoms with E-state index in [0.29, 0.717) is 60.7 Å². The number of hydrogen-bond acceptors (Lipinski definition) is 13. The second-order valence-electron chi connectivity index (χ2n) is 36.2. The maximum absolute atomic E-state index is 14.3. The van der Waals surface area contributed by atoms with Gasteiger partial charge in [0.25, 0.3) is 0 Å². The Labute approximate surface area is 828 Å². The number of aromatic nitrogens is 5. The van der Waals surface area contributed by atoms with Crippen molar-refractivity contribution in [3.63, 3.8) is 0 Å². The summed E-state index contributed by atoms with van der Waals surface area (Å²) in [5, 5.41) is 22.3. The van der Waals surface area contributed by atoms with Crippen molar-refractivity contribution in [2.75, 3.05) is 53.6 Å². The molecule has 0 fully saturated rings. The van der Waals surface area contributed by atoms with E-state index in [9.17, 15) is 19.2 Å². The Kier molecular flexibility index (Phi) is 28.4. The minimum Gasteiger partial charge on any atom is -0.497 e. The molecule has 139 heavy (non-hydrogen) atoms. The number of rotatable bonds is 15. The zero-order chi connectivity index (χ0) is 96.0. The molecule has 0 spiro atoms. The van der Waals surface area contributed by atoms with Gasteiger partial charge in [0, 0.05) is 142 Å². The second-order valence-corrected chi connectivity index (χ2v) is 38.5. The van der Waals surface area contributed by atoms with Crippen molar-refractivity contribution < 1.29 is 42.5 Å². The number of amides is 3. The number of H-pyrrole nitrogens is 5. The molecule has 0 aliphatic carbocycles. The number of carbonyl (C=O) groups is 3. The SMILES string of the molecule is Brc1ccc2[nH]c3c(c2c1)CCNC3c1ccc(OCc2ccccc2)cc1.CC(C)(C)OC(=O)N[C@@H](Cc1ccccc1)C(=O)N1CCc2c([nH]c3ccc(Cl)cc23)C1c1ccccc1.CCOC(=O)N1CCc2c([nH]c3ccccc23)C1c1ccc(OC)cc1.COc1ccc(C2NCCc3c2[nH]c2ccc(Cl)cc32)cc1.O=c1c(C2NCCc3c2[nH]c2ccc(Cl)cc32)coc2ccccc12. The molecule has 0 saturated heterocycles. The molecule has 5 aliphatic heterocycles. The fourth-order valence-electron chi connectivity index (χ4n) is 20.0. The van der Waals surface area contributed by atoms with E-state index in [1.54, 1.807) is 47.3 Å². The third-order valence-corrected chi connectivity index (χ3v) is 27.6. The van der Waals surface area contributed by atoms with Crippen molar-refractivity contribution in [1.29, 1.82) is 0 Å². The number of nitrogens with zero attached hydrogens (tertiary/aromatic N) is 2. The van der Waals surface area contributed by atoms with Gasteiger partial charge < -0.3 is 79.2 Å². The number of carbonyl (C=O) groups excluding carboxylic acids is 3. The number of nitrogens with one attached hydrogen (secondary N) is 9. The highest BCUT2D eigenvalue weighted by Crippen LogP contribution is 2.45. The Morgan fingerprint density at radius 3 is 1.40 bits per heavy atom. The van der Waals surface area contributed by atoms with Gasteiger partial charge in [-0.15, -0.1) is 0 Å². The maximum Gasteiger partial charge on any atom is 0.410 e. The lowest BCUT2D eigenvalue weighted by molar-refractivity contribution is -0.135. The first kappa shape index (κ1) is 94.2. The Morgan fingerprint density at radius 1 is 0.446 bits per heavy atom. The third kappa shape index (κ3) is 20.6. The minimum absolute atomic E-state index is 0.00360. The third-order valence-electron chi connectivity index (χ3n) is 26.4. The van der Waals surface area contributed by atoms with Crippen LogP contribution in [0.5, 0.6) is 17.2 Å².